The summed E-state index contributed by atoms with van der Waals surface area (Å²) in [6.45, 7) is 12.2. The van der Waals surface area contributed by atoms with E-state index in [-0.39, 0.29) is 0 Å². The van der Waals surface area contributed by atoms with E-state index < -0.39 is 8.80 Å². The summed E-state index contributed by atoms with van der Waals surface area (Å²) in [7, 11) is 5.87. The second kappa shape index (κ2) is 14.2. The molecule has 0 radical (unpaired) electrons. The van der Waals surface area contributed by atoms with Gasteiger partial charge >= 0.3 is 8.80 Å². The van der Waals surface area contributed by atoms with Crippen molar-refractivity contribution in [3.63, 3.8) is 0 Å². The first-order chi connectivity index (χ1) is 11.4. The van der Waals surface area contributed by atoms with Crippen LogP contribution in [0.1, 0.15) is 33.6 Å². The predicted molar refractivity (Wildman–Crippen MR) is 103 cm³/mol. The zero-order chi connectivity index (χ0) is 18.4. The molecule has 6 nitrogen and oxygen atoms in total. The van der Waals surface area contributed by atoms with Crippen molar-refractivity contribution in [2.24, 2.45) is 0 Å². The molecule has 0 aliphatic rings. The first-order valence-corrected chi connectivity index (χ1v) is 11.3. The Hall–Kier alpha value is -0.0231. The largest absolute Gasteiger partial charge is 0.515 e. The summed E-state index contributed by atoms with van der Waals surface area (Å²) in [6, 6.07) is 0. The fourth-order valence-corrected chi connectivity index (χ4v) is 5.39. The monoisotopic (exact) mass is 363 g/mol. The van der Waals surface area contributed by atoms with Crippen LogP contribution in [0.3, 0.4) is 0 Å². The topological polar surface area (TPSA) is 37.4 Å². The van der Waals surface area contributed by atoms with Crippen molar-refractivity contribution in [2.75, 3.05) is 80.4 Å². The van der Waals surface area contributed by atoms with Gasteiger partial charge in [0.05, 0.1) is 6.17 Å². The molecular formula is C17H41N3O3Si. The number of hydrogen-bond donors (Lipinski definition) is 0. The second-order valence-electron chi connectivity index (χ2n) is 6.57. The van der Waals surface area contributed by atoms with Gasteiger partial charge in [0, 0.05) is 19.8 Å². The molecule has 0 saturated heterocycles. The van der Waals surface area contributed by atoms with Crippen LogP contribution in [0.5, 0.6) is 0 Å². The Balaban J connectivity index is 4.82. The van der Waals surface area contributed by atoms with Crippen molar-refractivity contribution in [3.05, 3.63) is 0 Å². The van der Waals surface area contributed by atoms with Crippen LogP contribution in [0.4, 0.5) is 0 Å². The van der Waals surface area contributed by atoms with E-state index in [1.54, 1.807) is 0 Å². The van der Waals surface area contributed by atoms with Crippen molar-refractivity contribution in [1.29, 1.82) is 0 Å². The molecule has 0 amide bonds. The van der Waals surface area contributed by atoms with Crippen LogP contribution in [-0.4, -0.2) is 104 Å². The highest BCUT2D eigenvalue weighted by Gasteiger charge is 2.42. The predicted octanol–water partition coefficient (Wildman–Crippen LogP) is 1.78. The third-order valence-electron chi connectivity index (χ3n) is 3.67. The smallest absolute Gasteiger partial charge is 0.373 e. The molecule has 0 aromatic carbocycles. The first-order valence-electron chi connectivity index (χ1n) is 9.32. The van der Waals surface area contributed by atoms with Crippen molar-refractivity contribution in [1.82, 2.24) is 14.7 Å². The third-order valence-corrected chi connectivity index (χ3v) is 6.69. The SMILES string of the molecule is CCO[Si](CN(CCCN(C)C)CCCN(C)C)(OCC)OCC. The fraction of sp³-hybridized carbons (Fsp3) is 1.00. The van der Waals surface area contributed by atoms with E-state index in [2.05, 4.69) is 42.9 Å². The summed E-state index contributed by atoms with van der Waals surface area (Å²) < 4.78 is 18.1. The molecule has 24 heavy (non-hydrogen) atoms. The van der Waals surface area contributed by atoms with Crippen LogP contribution in [0, 0.1) is 0 Å². The summed E-state index contributed by atoms with van der Waals surface area (Å²) in [5.41, 5.74) is 0. The van der Waals surface area contributed by atoms with Gasteiger partial charge in [0.1, 0.15) is 0 Å². The fourth-order valence-electron chi connectivity index (χ4n) is 2.69. The zero-order valence-corrected chi connectivity index (χ0v) is 18.1. The number of nitrogens with zero attached hydrogens (tertiary/aromatic N) is 3. The maximum Gasteiger partial charge on any atom is 0.515 e. The van der Waals surface area contributed by atoms with Gasteiger partial charge in [0.25, 0.3) is 0 Å². The maximum atomic E-state index is 6.03. The molecule has 7 heteroatoms. The quantitative estimate of drug-likeness (QED) is 0.389. The number of hydrogen-bond acceptors (Lipinski definition) is 6. The summed E-state index contributed by atoms with van der Waals surface area (Å²) in [6.07, 6.45) is 3.07. The van der Waals surface area contributed by atoms with Gasteiger partial charge in [-0.05, 0) is 88.0 Å². The van der Waals surface area contributed by atoms with Crippen LogP contribution in [-0.2, 0) is 13.3 Å². The van der Waals surface area contributed by atoms with Crippen LogP contribution in [0.25, 0.3) is 0 Å². The van der Waals surface area contributed by atoms with Crippen molar-refractivity contribution < 1.29 is 13.3 Å². The molecule has 0 unspecified atom stereocenters. The standard InChI is InChI=1S/C17H41N3O3Si/c1-8-21-24(22-9-2,23-10-3)17-20(15-11-13-18(4)5)16-12-14-19(6)7/h8-17H2,1-7H3. The van der Waals surface area contributed by atoms with Gasteiger partial charge in [0.2, 0.25) is 0 Å². The summed E-state index contributed by atoms with van der Waals surface area (Å²) in [4.78, 5) is 6.94. The summed E-state index contributed by atoms with van der Waals surface area (Å²) in [5.74, 6) is 0. The van der Waals surface area contributed by atoms with Gasteiger partial charge in [-0.25, -0.2) is 0 Å². The first kappa shape index (κ1) is 24.0. The average molecular weight is 364 g/mol. The Morgan fingerprint density at radius 2 is 1.00 bits per heavy atom. The minimum atomic E-state index is -2.61. The van der Waals surface area contributed by atoms with E-state index in [1.165, 1.54) is 0 Å². The molecule has 0 aromatic heterocycles. The maximum absolute atomic E-state index is 6.03. The van der Waals surface area contributed by atoms with Gasteiger partial charge in [0.15, 0.2) is 0 Å². The van der Waals surface area contributed by atoms with Crippen LogP contribution < -0.4 is 0 Å². The highest BCUT2D eigenvalue weighted by atomic mass is 28.4. The molecule has 0 aromatic rings. The van der Waals surface area contributed by atoms with Gasteiger partial charge in [-0.3, -0.25) is 4.90 Å². The van der Waals surface area contributed by atoms with Crippen LogP contribution >= 0.6 is 0 Å². The highest BCUT2D eigenvalue weighted by molar-refractivity contribution is 6.60. The van der Waals surface area contributed by atoms with E-state index in [4.69, 9.17) is 13.3 Å². The van der Waals surface area contributed by atoms with Crippen molar-refractivity contribution in [3.8, 4) is 0 Å². The molecule has 0 atom stereocenters. The lowest BCUT2D eigenvalue weighted by atomic mass is 10.3. The summed E-state index contributed by atoms with van der Waals surface area (Å²) >= 11 is 0. The number of rotatable bonds is 16. The molecule has 0 N–H and O–H groups in total. The van der Waals surface area contributed by atoms with Crippen LogP contribution in [0.15, 0.2) is 0 Å². The molecule has 146 valence electrons. The Labute approximate surface area is 151 Å². The Morgan fingerprint density at radius 1 is 0.625 bits per heavy atom. The van der Waals surface area contributed by atoms with E-state index in [9.17, 15) is 0 Å². The van der Waals surface area contributed by atoms with Gasteiger partial charge in [-0.2, -0.15) is 0 Å². The Bertz CT molecular complexity index is 263. The van der Waals surface area contributed by atoms with Gasteiger partial charge in [-0.15, -0.1) is 0 Å². The van der Waals surface area contributed by atoms with E-state index in [0.717, 1.165) is 45.2 Å². The van der Waals surface area contributed by atoms with E-state index >= 15 is 0 Å². The zero-order valence-electron chi connectivity index (χ0n) is 17.1. The molecule has 0 aliphatic carbocycles. The van der Waals surface area contributed by atoms with E-state index in [1.807, 2.05) is 20.8 Å². The highest BCUT2D eigenvalue weighted by Crippen LogP contribution is 2.13. The summed E-state index contributed by atoms with van der Waals surface area (Å²) in [5, 5.41) is 0. The average Bonchev–Trinajstić information content (AvgIpc) is 2.47. The normalized spacial score (nSPS) is 12.8. The molecule has 0 saturated carbocycles. The van der Waals surface area contributed by atoms with Gasteiger partial charge in [-0.1, -0.05) is 0 Å². The lowest BCUT2D eigenvalue weighted by Crippen LogP contribution is -2.56. The van der Waals surface area contributed by atoms with Crippen LogP contribution in [0.2, 0.25) is 0 Å². The van der Waals surface area contributed by atoms with Gasteiger partial charge < -0.3 is 23.1 Å². The Morgan fingerprint density at radius 3 is 1.29 bits per heavy atom. The molecule has 0 rings (SSSR count). The molecule has 0 fully saturated rings. The molecule has 0 spiro atoms. The van der Waals surface area contributed by atoms with Crippen molar-refractivity contribution >= 4 is 8.80 Å². The molecule has 0 heterocycles. The molecule has 0 bridgehead atoms. The Kier molecular flexibility index (Phi) is 14.2. The second-order valence-corrected chi connectivity index (χ2v) is 9.12. The van der Waals surface area contributed by atoms with Crippen molar-refractivity contribution in [2.45, 2.75) is 33.6 Å². The minimum absolute atomic E-state index is 0.634. The molecular weight excluding hydrogens is 322 g/mol. The lowest BCUT2D eigenvalue weighted by Gasteiger charge is -2.34. The van der Waals surface area contributed by atoms with E-state index in [0.29, 0.717) is 19.8 Å². The third kappa shape index (κ3) is 11.5. The minimum Gasteiger partial charge on any atom is -0.373 e. The molecule has 0 aliphatic heterocycles. The lowest BCUT2D eigenvalue weighted by molar-refractivity contribution is 0.0558.